The van der Waals surface area contributed by atoms with Crippen molar-refractivity contribution in [2.75, 3.05) is 0 Å². The SMILES string of the molecule is CC(C)(C)c1ccc(F)c(Br)n1. The predicted molar refractivity (Wildman–Crippen MR) is 50.6 cm³/mol. The average molecular weight is 232 g/mol. The Hall–Kier alpha value is -0.440. The minimum absolute atomic E-state index is 0.0315. The van der Waals surface area contributed by atoms with E-state index in [-0.39, 0.29) is 15.8 Å². The lowest BCUT2D eigenvalue weighted by atomic mass is 9.92. The summed E-state index contributed by atoms with van der Waals surface area (Å²) in [5.74, 6) is -0.317. The Balaban J connectivity index is 3.14. The maximum atomic E-state index is 12.8. The van der Waals surface area contributed by atoms with E-state index in [4.69, 9.17) is 0 Å². The van der Waals surface area contributed by atoms with Crippen molar-refractivity contribution in [3.63, 3.8) is 0 Å². The molecule has 0 aliphatic rings. The van der Waals surface area contributed by atoms with Gasteiger partial charge in [0.1, 0.15) is 4.60 Å². The Morgan fingerprint density at radius 2 is 1.92 bits per heavy atom. The number of halogens is 2. The normalized spacial score (nSPS) is 11.8. The highest BCUT2D eigenvalue weighted by Gasteiger charge is 2.16. The summed E-state index contributed by atoms with van der Waals surface area (Å²) in [6, 6.07) is 3.14. The van der Waals surface area contributed by atoms with Crippen LogP contribution in [0.25, 0.3) is 0 Å². The smallest absolute Gasteiger partial charge is 0.155 e. The van der Waals surface area contributed by atoms with Crippen LogP contribution in [0.1, 0.15) is 26.5 Å². The summed E-state index contributed by atoms with van der Waals surface area (Å²) in [4.78, 5) is 4.09. The van der Waals surface area contributed by atoms with Crippen molar-refractivity contribution in [3.05, 3.63) is 28.2 Å². The van der Waals surface area contributed by atoms with Crippen LogP contribution in [0.2, 0.25) is 0 Å². The number of hydrogen-bond acceptors (Lipinski definition) is 1. The van der Waals surface area contributed by atoms with Gasteiger partial charge in [-0.1, -0.05) is 20.8 Å². The molecule has 12 heavy (non-hydrogen) atoms. The fourth-order valence-corrected chi connectivity index (χ4v) is 1.16. The molecule has 0 aromatic carbocycles. The van der Waals surface area contributed by atoms with Gasteiger partial charge < -0.3 is 0 Å². The molecule has 66 valence electrons. The van der Waals surface area contributed by atoms with Crippen molar-refractivity contribution in [2.24, 2.45) is 0 Å². The molecular formula is C9H11BrFN. The first kappa shape index (κ1) is 9.65. The van der Waals surface area contributed by atoms with Crippen molar-refractivity contribution in [1.29, 1.82) is 0 Å². The summed E-state index contributed by atoms with van der Waals surface area (Å²) in [6.07, 6.45) is 0. The van der Waals surface area contributed by atoms with Crippen molar-refractivity contribution < 1.29 is 4.39 Å². The minimum atomic E-state index is -0.317. The average Bonchev–Trinajstić information content (AvgIpc) is 1.92. The quantitative estimate of drug-likeness (QED) is 0.625. The fourth-order valence-electron chi connectivity index (χ4n) is 0.835. The standard InChI is InChI=1S/C9H11BrFN/c1-9(2,3)7-5-4-6(11)8(10)12-7/h4-5H,1-3H3. The van der Waals surface area contributed by atoms with E-state index in [0.717, 1.165) is 5.69 Å². The maximum absolute atomic E-state index is 12.8. The highest BCUT2D eigenvalue weighted by Crippen LogP contribution is 2.22. The van der Waals surface area contributed by atoms with E-state index in [1.165, 1.54) is 6.07 Å². The van der Waals surface area contributed by atoms with Crippen LogP contribution in [0.4, 0.5) is 4.39 Å². The van der Waals surface area contributed by atoms with Gasteiger partial charge in [-0.25, -0.2) is 9.37 Å². The molecule has 1 nitrogen and oxygen atoms in total. The highest BCUT2D eigenvalue weighted by atomic mass is 79.9. The van der Waals surface area contributed by atoms with Crippen molar-refractivity contribution in [2.45, 2.75) is 26.2 Å². The summed E-state index contributed by atoms with van der Waals surface area (Å²) in [5, 5.41) is 0. The third-order valence-electron chi connectivity index (χ3n) is 1.57. The van der Waals surface area contributed by atoms with Gasteiger partial charge in [-0.05, 0) is 28.1 Å². The lowest BCUT2D eigenvalue weighted by Gasteiger charge is -2.17. The lowest BCUT2D eigenvalue weighted by Crippen LogP contribution is -2.13. The molecule has 0 radical (unpaired) electrons. The predicted octanol–water partition coefficient (Wildman–Crippen LogP) is 3.28. The van der Waals surface area contributed by atoms with Gasteiger partial charge in [-0.2, -0.15) is 0 Å². The zero-order chi connectivity index (χ0) is 9.35. The molecule has 0 spiro atoms. The third kappa shape index (κ3) is 2.03. The molecule has 0 fully saturated rings. The van der Waals surface area contributed by atoms with Crippen LogP contribution in [0.15, 0.2) is 16.7 Å². The number of aromatic nitrogens is 1. The zero-order valence-electron chi connectivity index (χ0n) is 7.36. The molecule has 1 rings (SSSR count). The summed E-state index contributed by atoms with van der Waals surface area (Å²) in [7, 11) is 0. The lowest BCUT2D eigenvalue weighted by molar-refractivity contribution is 0.553. The second-order valence-electron chi connectivity index (χ2n) is 3.72. The first-order chi connectivity index (χ1) is 5.41. The largest absolute Gasteiger partial charge is 0.242 e. The van der Waals surface area contributed by atoms with Crippen molar-refractivity contribution >= 4 is 15.9 Å². The Bertz CT molecular complexity index is 291. The molecule has 0 saturated heterocycles. The van der Waals surface area contributed by atoms with Gasteiger partial charge in [0.25, 0.3) is 0 Å². The molecule has 1 aromatic rings. The van der Waals surface area contributed by atoms with E-state index in [9.17, 15) is 4.39 Å². The summed E-state index contributed by atoms with van der Waals surface area (Å²) < 4.78 is 13.1. The molecule has 0 aliphatic carbocycles. The van der Waals surface area contributed by atoms with E-state index in [2.05, 4.69) is 20.9 Å². The Morgan fingerprint density at radius 3 is 2.33 bits per heavy atom. The summed E-state index contributed by atoms with van der Waals surface area (Å²) in [5.41, 5.74) is 0.853. The second-order valence-corrected chi connectivity index (χ2v) is 4.47. The van der Waals surface area contributed by atoms with Gasteiger partial charge >= 0.3 is 0 Å². The molecule has 0 N–H and O–H groups in total. The molecule has 1 aromatic heterocycles. The number of pyridine rings is 1. The molecule has 0 unspecified atom stereocenters. The Labute approximate surface area is 80.1 Å². The maximum Gasteiger partial charge on any atom is 0.155 e. The molecule has 1 heterocycles. The molecular weight excluding hydrogens is 221 g/mol. The van der Waals surface area contributed by atoms with E-state index in [1.807, 2.05) is 20.8 Å². The number of rotatable bonds is 0. The number of nitrogens with zero attached hydrogens (tertiary/aromatic N) is 1. The van der Waals surface area contributed by atoms with Gasteiger partial charge in [0.2, 0.25) is 0 Å². The van der Waals surface area contributed by atoms with Crippen LogP contribution in [0.5, 0.6) is 0 Å². The van der Waals surface area contributed by atoms with Gasteiger partial charge in [-0.3, -0.25) is 0 Å². The van der Waals surface area contributed by atoms with Crippen LogP contribution in [0, 0.1) is 5.82 Å². The molecule has 0 amide bonds. The van der Waals surface area contributed by atoms with E-state index >= 15 is 0 Å². The van der Waals surface area contributed by atoms with Crippen molar-refractivity contribution in [1.82, 2.24) is 4.98 Å². The minimum Gasteiger partial charge on any atom is -0.242 e. The summed E-state index contributed by atoms with van der Waals surface area (Å²) in [6.45, 7) is 6.12. The molecule has 3 heteroatoms. The van der Waals surface area contributed by atoms with E-state index < -0.39 is 0 Å². The Kier molecular flexibility index (Phi) is 2.52. The van der Waals surface area contributed by atoms with Gasteiger partial charge in [0.15, 0.2) is 5.82 Å². The second kappa shape index (κ2) is 3.13. The third-order valence-corrected chi connectivity index (χ3v) is 2.13. The van der Waals surface area contributed by atoms with Crippen LogP contribution in [-0.4, -0.2) is 4.98 Å². The van der Waals surface area contributed by atoms with E-state index in [1.54, 1.807) is 6.07 Å². The molecule has 0 bridgehead atoms. The van der Waals surface area contributed by atoms with E-state index in [0.29, 0.717) is 0 Å². The number of hydrogen-bond donors (Lipinski definition) is 0. The molecule has 0 aliphatic heterocycles. The van der Waals surface area contributed by atoms with Crippen LogP contribution >= 0.6 is 15.9 Å². The fraction of sp³-hybridized carbons (Fsp3) is 0.444. The van der Waals surface area contributed by atoms with Crippen LogP contribution in [0.3, 0.4) is 0 Å². The molecule has 0 saturated carbocycles. The summed E-state index contributed by atoms with van der Waals surface area (Å²) >= 11 is 3.05. The van der Waals surface area contributed by atoms with Gasteiger partial charge in [0.05, 0.1) is 0 Å². The molecule has 0 atom stereocenters. The zero-order valence-corrected chi connectivity index (χ0v) is 8.94. The van der Waals surface area contributed by atoms with Crippen molar-refractivity contribution in [3.8, 4) is 0 Å². The Morgan fingerprint density at radius 1 is 1.33 bits per heavy atom. The first-order valence-corrected chi connectivity index (χ1v) is 4.53. The highest BCUT2D eigenvalue weighted by molar-refractivity contribution is 9.10. The topological polar surface area (TPSA) is 12.9 Å². The first-order valence-electron chi connectivity index (χ1n) is 3.74. The van der Waals surface area contributed by atoms with Gasteiger partial charge in [0, 0.05) is 11.1 Å². The monoisotopic (exact) mass is 231 g/mol. The van der Waals surface area contributed by atoms with Crippen LogP contribution in [-0.2, 0) is 5.41 Å². The van der Waals surface area contributed by atoms with Gasteiger partial charge in [-0.15, -0.1) is 0 Å². The van der Waals surface area contributed by atoms with Crippen LogP contribution < -0.4 is 0 Å².